The molecular weight excluding hydrogens is 646 g/mol. The molecule has 1 aromatic rings. The maximum Gasteiger partial charge on any atom is 0.410 e. The first-order valence-electron chi connectivity index (χ1n) is 19.3. The van der Waals surface area contributed by atoms with Gasteiger partial charge in [0.25, 0.3) is 0 Å². The molecule has 1 saturated carbocycles. The lowest BCUT2D eigenvalue weighted by molar-refractivity contribution is -0.145. The second kappa shape index (κ2) is 15.3. The van der Waals surface area contributed by atoms with Gasteiger partial charge in [0, 0.05) is 32.2 Å². The molecule has 0 radical (unpaired) electrons. The summed E-state index contributed by atoms with van der Waals surface area (Å²) in [6, 6.07) is 6.54. The molecular formula is C40H63N5O6. The Morgan fingerprint density at radius 1 is 0.980 bits per heavy atom. The smallest absolute Gasteiger partial charge is 0.410 e. The molecule has 0 aromatic heterocycles. The van der Waals surface area contributed by atoms with Crippen molar-refractivity contribution in [2.24, 2.45) is 17.3 Å². The van der Waals surface area contributed by atoms with E-state index in [4.69, 9.17) is 4.74 Å². The summed E-state index contributed by atoms with van der Waals surface area (Å²) >= 11 is 0. The molecule has 4 aliphatic rings. The van der Waals surface area contributed by atoms with Gasteiger partial charge < -0.3 is 25.4 Å². The van der Waals surface area contributed by atoms with Gasteiger partial charge in [0.1, 0.15) is 17.7 Å². The van der Waals surface area contributed by atoms with Crippen molar-refractivity contribution in [1.29, 1.82) is 0 Å². The summed E-state index contributed by atoms with van der Waals surface area (Å²) in [5, 5.41) is 16.7. The fraction of sp³-hybridized carbons (Fsp3) is 0.750. The molecule has 2 aliphatic heterocycles. The van der Waals surface area contributed by atoms with Gasteiger partial charge in [-0.3, -0.25) is 19.4 Å². The van der Waals surface area contributed by atoms with Crippen LogP contribution in [0.5, 0.6) is 0 Å². The molecule has 0 spiro atoms. The molecule has 1 aromatic carbocycles. The highest BCUT2D eigenvalue weighted by Crippen LogP contribution is 2.51. The molecule has 284 valence electrons. The van der Waals surface area contributed by atoms with Crippen LogP contribution in [0.1, 0.15) is 117 Å². The fourth-order valence-corrected chi connectivity index (χ4v) is 9.60. The van der Waals surface area contributed by atoms with Gasteiger partial charge in [-0.05, 0) is 108 Å². The highest BCUT2D eigenvalue weighted by molar-refractivity contribution is 5.91. The van der Waals surface area contributed by atoms with Crippen molar-refractivity contribution in [2.45, 2.75) is 148 Å². The van der Waals surface area contributed by atoms with Crippen molar-refractivity contribution in [1.82, 2.24) is 25.3 Å². The number of ether oxygens (including phenoxy) is 1. The number of likely N-dealkylation sites (N-methyl/N-ethyl adjacent to an activating group) is 1. The lowest BCUT2D eigenvalue weighted by Gasteiger charge is -2.54. The lowest BCUT2D eigenvalue weighted by Crippen LogP contribution is -2.66. The minimum absolute atomic E-state index is 0.0117. The van der Waals surface area contributed by atoms with Gasteiger partial charge in [0.05, 0.1) is 5.54 Å². The average molecular weight is 710 g/mol. The summed E-state index contributed by atoms with van der Waals surface area (Å²) in [6.45, 7) is 15.7. The number of nitrogens with zero attached hydrogens (tertiary/aromatic N) is 3. The predicted molar refractivity (Wildman–Crippen MR) is 197 cm³/mol. The Morgan fingerprint density at radius 3 is 2.31 bits per heavy atom. The molecule has 3 fully saturated rings. The van der Waals surface area contributed by atoms with Crippen LogP contribution in [0.4, 0.5) is 9.59 Å². The van der Waals surface area contributed by atoms with Gasteiger partial charge in [0.2, 0.25) is 11.8 Å². The van der Waals surface area contributed by atoms with Gasteiger partial charge in [-0.25, -0.2) is 9.59 Å². The van der Waals surface area contributed by atoms with E-state index in [1.54, 1.807) is 34.7 Å². The van der Waals surface area contributed by atoms with Crippen molar-refractivity contribution in [3.63, 3.8) is 0 Å². The number of hydrogen-bond donors (Lipinski definition) is 3. The van der Waals surface area contributed by atoms with Crippen LogP contribution >= 0.6 is 0 Å². The van der Waals surface area contributed by atoms with Crippen molar-refractivity contribution in [3.8, 4) is 0 Å². The monoisotopic (exact) mass is 709 g/mol. The van der Waals surface area contributed by atoms with Crippen LogP contribution < -0.4 is 10.6 Å². The third kappa shape index (κ3) is 8.66. The summed E-state index contributed by atoms with van der Waals surface area (Å²) < 4.78 is 5.53. The Morgan fingerprint density at radius 2 is 1.67 bits per heavy atom. The van der Waals surface area contributed by atoms with Gasteiger partial charge in [-0.2, -0.15) is 0 Å². The Labute approximate surface area is 305 Å². The maximum atomic E-state index is 15.2. The lowest BCUT2D eigenvalue weighted by atomic mass is 9.58. The number of amides is 4. The SMILES string of the molecule is C[C@@H](C(=O)N[C@H](C(=O)N1C[C@H]2CCCN2C[C@@H]1CC1(NC(=O)O)c2ccccc2CCC1C(C)(C)C)C1CCCCC1)N(C)C(=O)OC(C)(C)C. The van der Waals surface area contributed by atoms with Crippen LogP contribution in [0.2, 0.25) is 0 Å². The third-order valence-electron chi connectivity index (χ3n) is 12.1. The number of aryl methyl sites for hydroxylation is 1. The van der Waals surface area contributed by atoms with Gasteiger partial charge in [0.15, 0.2) is 0 Å². The molecule has 3 N–H and O–H groups in total. The highest BCUT2D eigenvalue weighted by Gasteiger charge is 2.54. The Hall–Kier alpha value is -3.34. The average Bonchev–Trinajstić information content (AvgIpc) is 3.52. The first-order valence-corrected chi connectivity index (χ1v) is 19.3. The van der Waals surface area contributed by atoms with Crippen LogP contribution in [-0.4, -0.2) is 100 Å². The first kappa shape index (κ1) is 38.9. The number of nitrogens with one attached hydrogen (secondary N) is 2. The summed E-state index contributed by atoms with van der Waals surface area (Å²) in [5.41, 5.74) is 0.311. The number of rotatable bonds is 8. The van der Waals surface area contributed by atoms with E-state index in [1.165, 1.54) is 4.90 Å². The summed E-state index contributed by atoms with van der Waals surface area (Å²) in [6.07, 6.45) is 7.30. The minimum Gasteiger partial charge on any atom is -0.465 e. The van der Waals surface area contributed by atoms with Crippen molar-refractivity contribution >= 4 is 24.0 Å². The molecule has 2 unspecified atom stereocenters. The van der Waals surface area contributed by atoms with Crippen LogP contribution in [0.3, 0.4) is 0 Å². The van der Waals surface area contributed by atoms with Crippen molar-refractivity contribution in [3.05, 3.63) is 35.4 Å². The number of carboxylic acid groups (broad SMARTS) is 1. The molecule has 51 heavy (non-hydrogen) atoms. The van der Waals surface area contributed by atoms with E-state index >= 15 is 4.79 Å². The Kier molecular flexibility index (Phi) is 11.7. The summed E-state index contributed by atoms with van der Waals surface area (Å²) in [7, 11) is 1.55. The number of hydrogen-bond acceptors (Lipinski definition) is 6. The van der Waals surface area contributed by atoms with Crippen LogP contribution in [0.15, 0.2) is 24.3 Å². The van der Waals surface area contributed by atoms with Crippen LogP contribution in [0.25, 0.3) is 0 Å². The molecule has 0 bridgehead atoms. The molecule has 6 atom stereocenters. The number of benzene rings is 1. The molecule has 11 heteroatoms. The molecule has 5 rings (SSSR count). The predicted octanol–water partition coefficient (Wildman–Crippen LogP) is 6.14. The van der Waals surface area contributed by atoms with E-state index in [1.807, 2.05) is 17.0 Å². The van der Waals surface area contributed by atoms with Gasteiger partial charge in [-0.15, -0.1) is 0 Å². The zero-order valence-electron chi connectivity index (χ0n) is 32.3. The maximum absolute atomic E-state index is 15.2. The van der Waals surface area contributed by atoms with E-state index in [0.29, 0.717) is 19.5 Å². The molecule has 2 aliphatic carbocycles. The molecule has 11 nitrogen and oxygen atoms in total. The van der Waals surface area contributed by atoms with E-state index in [-0.39, 0.29) is 41.1 Å². The van der Waals surface area contributed by atoms with E-state index in [2.05, 4.69) is 48.4 Å². The topological polar surface area (TPSA) is 132 Å². The zero-order chi connectivity index (χ0) is 37.3. The van der Waals surface area contributed by atoms with Crippen molar-refractivity contribution in [2.75, 3.05) is 26.7 Å². The molecule has 4 amide bonds. The van der Waals surface area contributed by atoms with E-state index < -0.39 is 35.4 Å². The standard InChI is InChI=1S/C40H63N5O6/c1-26(43(8)37(50)51-39(5,6)7)34(46)41-33(28-16-10-9-11-17-28)35(47)45-25-29-18-14-22-44(29)24-30(45)23-40(42-36(48)49)31-19-13-12-15-27(31)20-21-32(40)38(2,3)4/h12-13,15,19,26,28-30,32-33,42H,9-11,14,16-18,20-25H2,1-8H3,(H,41,46)(H,48,49)/t26-,29+,30-,32?,33-,40?/m0/s1. The first-order chi connectivity index (χ1) is 23.9. The highest BCUT2D eigenvalue weighted by atomic mass is 16.6. The third-order valence-corrected chi connectivity index (χ3v) is 12.1. The van der Waals surface area contributed by atoms with Crippen LogP contribution in [0, 0.1) is 17.3 Å². The molecule has 2 saturated heterocycles. The number of carbonyl (C=O) groups is 4. The van der Waals surface area contributed by atoms with E-state index in [0.717, 1.165) is 75.5 Å². The summed E-state index contributed by atoms with van der Waals surface area (Å²) in [4.78, 5) is 60.6. The Balaban J connectivity index is 1.51. The summed E-state index contributed by atoms with van der Waals surface area (Å²) in [5.74, 6) is -0.523. The van der Waals surface area contributed by atoms with Gasteiger partial charge >= 0.3 is 12.2 Å². The fourth-order valence-electron chi connectivity index (χ4n) is 9.60. The normalized spacial score (nSPS) is 27.1. The zero-order valence-corrected chi connectivity index (χ0v) is 32.3. The van der Waals surface area contributed by atoms with E-state index in [9.17, 15) is 19.5 Å². The number of piperazine rings is 1. The number of carbonyl (C=O) groups excluding carboxylic acids is 3. The second-order valence-corrected chi connectivity index (χ2v) is 17.8. The largest absolute Gasteiger partial charge is 0.465 e. The second-order valence-electron chi connectivity index (χ2n) is 17.8. The Bertz CT molecular complexity index is 1430. The van der Waals surface area contributed by atoms with Gasteiger partial charge in [-0.1, -0.05) is 64.3 Å². The quantitative estimate of drug-likeness (QED) is 0.296. The van der Waals surface area contributed by atoms with Crippen LogP contribution in [-0.2, 0) is 26.3 Å². The molecule has 2 heterocycles. The number of fused-ring (bicyclic) bond motifs is 2. The van der Waals surface area contributed by atoms with Crippen molar-refractivity contribution < 1.29 is 29.0 Å². The minimum atomic E-state index is -1.07.